The highest BCUT2D eigenvalue weighted by molar-refractivity contribution is 7.89. The Bertz CT molecular complexity index is 363. The van der Waals surface area contributed by atoms with Crippen LogP contribution >= 0.6 is 0 Å². The monoisotopic (exact) mass is 274 g/mol. The fraction of sp³-hybridized carbons (Fsp3) is 1.00. The highest BCUT2D eigenvalue weighted by Crippen LogP contribution is 2.28. The van der Waals surface area contributed by atoms with E-state index in [2.05, 4.69) is 0 Å². The summed E-state index contributed by atoms with van der Waals surface area (Å²) in [7, 11) is -3.16. The predicted octanol–water partition coefficient (Wildman–Crippen LogP) is 1.91. The second kappa shape index (κ2) is 5.88. The summed E-state index contributed by atoms with van der Waals surface area (Å²) in [6.07, 6.45) is 7.43. The first kappa shape index (κ1) is 14.3. The molecule has 1 aliphatic heterocycles. The summed E-state index contributed by atoms with van der Waals surface area (Å²) in [5, 5.41) is 0. The number of hydrogen-bond donors (Lipinski definition) is 1. The Kier molecular flexibility index (Phi) is 4.67. The summed E-state index contributed by atoms with van der Waals surface area (Å²) < 4.78 is 26.5. The van der Waals surface area contributed by atoms with Crippen LogP contribution in [0.15, 0.2) is 0 Å². The summed E-state index contributed by atoms with van der Waals surface area (Å²) in [5.74, 6) is 0.945. The number of nitrogens with zero attached hydrogens (tertiary/aromatic N) is 1. The van der Waals surface area contributed by atoms with Gasteiger partial charge in [-0.2, -0.15) is 4.31 Å². The van der Waals surface area contributed by atoms with Crippen molar-refractivity contribution in [2.45, 2.75) is 58.0 Å². The van der Waals surface area contributed by atoms with E-state index in [0.29, 0.717) is 18.2 Å². The number of hydrogen-bond acceptors (Lipinski definition) is 3. The SMILES string of the molecule is CC1CCCN(S(=O)(=O)CC2CCCCC2)C1N. The molecule has 2 unspecified atom stereocenters. The fourth-order valence-electron chi connectivity index (χ4n) is 3.24. The molecular weight excluding hydrogens is 248 g/mol. The van der Waals surface area contributed by atoms with Crippen molar-refractivity contribution in [1.29, 1.82) is 0 Å². The first-order valence-corrected chi connectivity index (χ1v) is 8.87. The Morgan fingerprint density at radius 3 is 2.44 bits per heavy atom. The average Bonchev–Trinajstić information content (AvgIpc) is 2.33. The van der Waals surface area contributed by atoms with E-state index in [1.54, 1.807) is 4.31 Å². The van der Waals surface area contributed by atoms with E-state index in [-0.39, 0.29) is 12.1 Å². The van der Waals surface area contributed by atoms with Gasteiger partial charge in [0.1, 0.15) is 0 Å². The van der Waals surface area contributed by atoms with E-state index >= 15 is 0 Å². The molecule has 1 saturated carbocycles. The quantitative estimate of drug-likeness (QED) is 0.855. The average molecular weight is 274 g/mol. The molecule has 2 atom stereocenters. The van der Waals surface area contributed by atoms with Crippen LogP contribution in [-0.2, 0) is 10.0 Å². The van der Waals surface area contributed by atoms with Crippen molar-refractivity contribution in [2.24, 2.45) is 17.6 Å². The van der Waals surface area contributed by atoms with Crippen LogP contribution in [-0.4, -0.2) is 31.2 Å². The zero-order valence-electron chi connectivity index (χ0n) is 11.3. The van der Waals surface area contributed by atoms with Crippen LogP contribution in [0.2, 0.25) is 0 Å². The molecule has 5 heteroatoms. The lowest BCUT2D eigenvalue weighted by Crippen LogP contribution is -2.53. The molecule has 4 nitrogen and oxygen atoms in total. The normalized spacial score (nSPS) is 32.6. The molecule has 2 N–H and O–H groups in total. The van der Waals surface area contributed by atoms with Gasteiger partial charge < -0.3 is 5.73 Å². The van der Waals surface area contributed by atoms with Crippen molar-refractivity contribution in [2.75, 3.05) is 12.3 Å². The first-order chi connectivity index (χ1) is 8.50. The summed E-state index contributed by atoms with van der Waals surface area (Å²) >= 11 is 0. The third-order valence-electron chi connectivity index (χ3n) is 4.48. The van der Waals surface area contributed by atoms with Gasteiger partial charge in [-0.25, -0.2) is 8.42 Å². The Hall–Kier alpha value is -0.130. The largest absolute Gasteiger partial charge is 0.315 e. The Labute approximate surface area is 111 Å². The van der Waals surface area contributed by atoms with E-state index in [4.69, 9.17) is 5.73 Å². The van der Waals surface area contributed by atoms with Crippen LogP contribution in [0.4, 0.5) is 0 Å². The number of nitrogens with two attached hydrogens (primary N) is 1. The lowest BCUT2D eigenvalue weighted by molar-refractivity contribution is 0.190. The maximum absolute atomic E-state index is 12.5. The molecule has 2 fully saturated rings. The highest BCUT2D eigenvalue weighted by Gasteiger charge is 2.35. The molecule has 0 aromatic heterocycles. The summed E-state index contributed by atoms with van der Waals surface area (Å²) in [6.45, 7) is 2.66. The zero-order chi connectivity index (χ0) is 13.2. The number of sulfonamides is 1. The maximum atomic E-state index is 12.5. The molecule has 0 bridgehead atoms. The number of rotatable bonds is 3. The molecule has 0 amide bonds. The van der Waals surface area contributed by atoms with Crippen molar-refractivity contribution in [1.82, 2.24) is 4.31 Å². The molecule has 1 aliphatic carbocycles. The van der Waals surface area contributed by atoms with Crippen molar-refractivity contribution in [3.63, 3.8) is 0 Å². The van der Waals surface area contributed by atoms with Gasteiger partial charge in [-0.3, -0.25) is 0 Å². The molecule has 0 aromatic rings. The van der Waals surface area contributed by atoms with Crippen LogP contribution < -0.4 is 5.73 Å². The minimum absolute atomic E-state index is 0.278. The van der Waals surface area contributed by atoms with Crippen molar-refractivity contribution in [3.05, 3.63) is 0 Å². The Morgan fingerprint density at radius 1 is 1.11 bits per heavy atom. The maximum Gasteiger partial charge on any atom is 0.215 e. The van der Waals surface area contributed by atoms with Crippen LogP contribution in [0.3, 0.4) is 0 Å². The van der Waals surface area contributed by atoms with Gasteiger partial charge in [-0.15, -0.1) is 0 Å². The predicted molar refractivity (Wildman–Crippen MR) is 73.4 cm³/mol. The molecule has 18 heavy (non-hydrogen) atoms. The van der Waals surface area contributed by atoms with E-state index < -0.39 is 10.0 Å². The minimum atomic E-state index is -3.16. The van der Waals surface area contributed by atoms with Gasteiger partial charge in [0.2, 0.25) is 10.0 Å². The molecule has 0 aromatic carbocycles. The van der Waals surface area contributed by atoms with Gasteiger partial charge in [0.05, 0.1) is 11.9 Å². The third kappa shape index (κ3) is 3.25. The topological polar surface area (TPSA) is 63.4 Å². The van der Waals surface area contributed by atoms with Crippen LogP contribution in [0.25, 0.3) is 0 Å². The second-order valence-corrected chi connectivity index (χ2v) is 7.97. The minimum Gasteiger partial charge on any atom is -0.315 e. The van der Waals surface area contributed by atoms with E-state index in [9.17, 15) is 8.42 Å². The number of piperidine rings is 1. The second-order valence-electron chi connectivity index (χ2n) is 6.00. The molecule has 2 aliphatic rings. The molecule has 106 valence electrons. The molecular formula is C13H26N2O2S. The third-order valence-corrected chi connectivity index (χ3v) is 6.52. The lowest BCUT2D eigenvalue weighted by Gasteiger charge is -2.37. The summed E-state index contributed by atoms with van der Waals surface area (Å²) in [4.78, 5) is 0. The van der Waals surface area contributed by atoms with Crippen LogP contribution in [0, 0.1) is 11.8 Å². The van der Waals surface area contributed by atoms with Gasteiger partial charge in [0.15, 0.2) is 0 Å². The van der Waals surface area contributed by atoms with Crippen molar-refractivity contribution >= 4 is 10.0 Å². The van der Waals surface area contributed by atoms with Gasteiger partial charge in [-0.05, 0) is 37.5 Å². The van der Waals surface area contributed by atoms with E-state index in [0.717, 1.165) is 25.7 Å². The summed E-state index contributed by atoms with van der Waals surface area (Å²) in [6, 6.07) is 0. The van der Waals surface area contributed by atoms with Gasteiger partial charge in [0, 0.05) is 6.54 Å². The first-order valence-electron chi connectivity index (χ1n) is 7.26. The van der Waals surface area contributed by atoms with E-state index in [1.807, 2.05) is 6.92 Å². The van der Waals surface area contributed by atoms with Gasteiger partial charge >= 0.3 is 0 Å². The Balaban J connectivity index is 2.00. The smallest absolute Gasteiger partial charge is 0.215 e. The van der Waals surface area contributed by atoms with Crippen LogP contribution in [0.5, 0.6) is 0 Å². The molecule has 0 radical (unpaired) electrons. The Morgan fingerprint density at radius 2 is 1.78 bits per heavy atom. The highest BCUT2D eigenvalue weighted by atomic mass is 32.2. The molecule has 0 spiro atoms. The summed E-state index contributed by atoms with van der Waals surface area (Å²) in [5.41, 5.74) is 6.06. The van der Waals surface area contributed by atoms with Gasteiger partial charge in [-0.1, -0.05) is 26.2 Å². The van der Waals surface area contributed by atoms with Gasteiger partial charge in [0.25, 0.3) is 0 Å². The molecule has 1 heterocycles. The fourth-order valence-corrected chi connectivity index (χ4v) is 5.35. The standard InChI is InChI=1S/C13H26N2O2S/c1-11-6-5-9-15(13(11)14)18(16,17)10-12-7-3-2-4-8-12/h11-13H,2-10,14H2,1H3. The molecule has 2 rings (SSSR count). The van der Waals surface area contributed by atoms with E-state index in [1.165, 1.54) is 19.3 Å². The zero-order valence-corrected chi connectivity index (χ0v) is 12.2. The van der Waals surface area contributed by atoms with Crippen molar-refractivity contribution < 1.29 is 8.42 Å². The van der Waals surface area contributed by atoms with Crippen molar-refractivity contribution in [3.8, 4) is 0 Å². The molecule has 1 saturated heterocycles. The lowest BCUT2D eigenvalue weighted by atomic mass is 9.91. The van der Waals surface area contributed by atoms with Crippen LogP contribution in [0.1, 0.15) is 51.9 Å².